The molecular weight excluding hydrogens is 448 g/mol. The lowest BCUT2D eigenvalue weighted by atomic mass is 10.0. The van der Waals surface area contributed by atoms with Crippen molar-refractivity contribution < 1.29 is 0 Å². The highest BCUT2D eigenvalue weighted by Gasteiger charge is 2.01. The largest absolute Gasteiger partial charge is 0.0616 e. The SMILES string of the molecule is Brc1ccc2/c(c1)=c1/cc(Br)cc/c1=c1\cccc\c1=c1/cccc/c1=2. The second-order valence-electron chi connectivity index (χ2n) is 6.47. The molecular formula is C24H14Br2. The first-order valence-electron chi connectivity index (χ1n) is 8.51. The van der Waals surface area contributed by atoms with Crippen molar-refractivity contribution in [3.63, 3.8) is 0 Å². The Morgan fingerprint density at radius 3 is 1.00 bits per heavy atom. The molecule has 0 saturated heterocycles. The molecule has 0 radical (unpaired) electrons. The molecule has 5 rings (SSSR count). The van der Waals surface area contributed by atoms with Gasteiger partial charge in [0.1, 0.15) is 0 Å². The van der Waals surface area contributed by atoms with Crippen molar-refractivity contribution >= 4 is 31.9 Å². The Morgan fingerprint density at radius 2 is 0.654 bits per heavy atom. The van der Waals surface area contributed by atoms with Gasteiger partial charge in [-0.25, -0.2) is 0 Å². The van der Waals surface area contributed by atoms with Gasteiger partial charge in [0.05, 0.1) is 0 Å². The van der Waals surface area contributed by atoms with Crippen LogP contribution in [0, 0.1) is 41.7 Å². The van der Waals surface area contributed by atoms with Crippen molar-refractivity contribution in [2.24, 2.45) is 0 Å². The minimum atomic E-state index is 1.09. The molecule has 0 unspecified atom stereocenters. The topological polar surface area (TPSA) is 0 Å². The van der Waals surface area contributed by atoms with Crippen LogP contribution in [0.25, 0.3) is 0 Å². The van der Waals surface area contributed by atoms with Crippen LogP contribution in [0.4, 0.5) is 0 Å². The number of hydrogen-bond donors (Lipinski definition) is 0. The van der Waals surface area contributed by atoms with Gasteiger partial charge in [-0.15, -0.1) is 0 Å². The van der Waals surface area contributed by atoms with Gasteiger partial charge in [-0.2, -0.15) is 0 Å². The van der Waals surface area contributed by atoms with E-state index in [2.05, 4.69) is 117 Å². The highest BCUT2D eigenvalue weighted by atomic mass is 79.9. The molecule has 0 saturated carbocycles. The summed E-state index contributed by atoms with van der Waals surface area (Å²) in [6, 6.07) is 30.5. The highest BCUT2D eigenvalue weighted by Crippen LogP contribution is 2.18. The molecule has 0 heterocycles. The number of rotatable bonds is 0. The third kappa shape index (κ3) is 2.48. The standard InChI is InChI=1S/C24H14Br2/c25-15-9-11-21-19-7-3-1-5-17(19)18-6-2-4-8-20(18)22-12-10-16(26)14-24(22)23(21)13-15/h1-14H/b18-17-,21-19-,22-20-,24-23-. The van der Waals surface area contributed by atoms with E-state index in [-0.39, 0.29) is 0 Å². The molecule has 4 aromatic carbocycles. The fourth-order valence-electron chi connectivity index (χ4n) is 3.85. The van der Waals surface area contributed by atoms with E-state index in [1.54, 1.807) is 0 Å². The molecule has 0 amide bonds. The van der Waals surface area contributed by atoms with Gasteiger partial charge in [-0.3, -0.25) is 0 Å². The van der Waals surface area contributed by atoms with Crippen LogP contribution >= 0.6 is 31.9 Å². The molecule has 0 fully saturated rings. The molecule has 2 heteroatoms. The van der Waals surface area contributed by atoms with E-state index in [9.17, 15) is 0 Å². The number of benzene rings is 4. The van der Waals surface area contributed by atoms with Gasteiger partial charge in [0.2, 0.25) is 0 Å². The maximum Gasteiger partial charge on any atom is 0.0181 e. The van der Waals surface area contributed by atoms with Gasteiger partial charge in [-0.05, 0) is 66.0 Å². The van der Waals surface area contributed by atoms with Crippen LogP contribution in [-0.4, -0.2) is 0 Å². The Hall–Kier alpha value is -2.16. The van der Waals surface area contributed by atoms with E-state index in [1.807, 2.05) is 0 Å². The third-order valence-corrected chi connectivity index (χ3v) is 5.96. The van der Waals surface area contributed by atoms with Crippen LogP contribution < -0.4 is 0 Å². The molecule has 0 atom stereocenters. The smallest absolute Gasteiger partial charge is 0.0181 e. The van der Waals surface area contributed by atoms with Crippen LogP contribution in [0.2, 0.25) is 0 Å². The summed E-state index contributed by atoms with van der Waals surface area (Å²) in [6.07, 6.45) is 0. The van der Waals surface area contributed by atoms with Crippen LogP contribution in [0.1, 0.15) is 0 Å². The van der Waals surface area contributed by atoms with Gasteiger partial charge < -0.3 is 0 Å². The van der Waals surface area contributed by atoms with E-state index in [1.165, 1.54) is 41.7 Å². The zero-order valence-electron chi connectivity index (χ0n) is 13.8. The zero-order valence-corrected chi connectivity index (χ0v) is 17.0. The average Bonchev–Trinajstić information content (AvgIpc) is 2.67. The summed E-state index contributed by atoms with van der Waals surface area (Å²) < 4.78 is 2.18. The highest BCUT2D eigenvalue weighted by molar-refractivity contribution is 9.10. The summed E-state index contributed by atoms with van der Waals surface area (Å²) in [6.45, 7) is 0. The number of halogens is 2. The molecule has 0 spiro atoms. The van der Waals surface area contributed by atoms with Crippen LogP contribution in [0.15, 0.2) is 93.9 Å². The minimum Gasteiger partial charge on any atom is -0.0616 e. The first kappa shape index (κ1) is 16.0. The monoisotopic (exact) mass is 460 g/mol. The summed E-state index contributed by atoms with van der Waals surface area (Å²) in [5.41, 5.74) is 0. The lowest BCUT2D eigenvalue weighted by Gasteiger charge is -2.03. The maximum absolute atomic E-state index is 3.67. The molecule has 0 aliphatic heterocycles. The van der Waals surface area contributed by atoms with E-state index in [0.717, 1.165) is 8.95 Å². The summed E-state index contributed by atoms with van der Waals surface area (Å²) in [4.78, 5) is 0. The maximum atomic E-state index is 3.67. The Kier molecular flexibility index (Phi) is 3.84. The van der Waals surface area contributed by atoms with Crippen molar-refractivity contribution in [2.45, 2.75) is 0 Å². The van der Waals surface area contributed by atoms with Crippen LogP contribution in [0.3, 0.4) is 0 Å². The minimum absolute atomic E-state index is 1.09. The third-order valence-electron chi connectivity index (χ3n) is 4.98. The molecule has 1 aliphatic rings. The van der Waals surface area contributed by atoms with Crippen molar-refractivity contribution in [1.29, 1.82) is 0 Å². The zero-order chi connectivity index (χ0) is 17.7. The van der Waals surface area contributed by atoms with Crippen molar-refractivity contribution in [1.82, 2.24) is 0 Å². The average molecular weight is 462 g/mol. The van der Waals surface area contributed by atoms with E-state index in [4.69, 9.17) is 0 Å². The molecule has 1 aliphatic carbocycles. The Bertz CT molecular complexity index is 1440. The summed E-state index contributed by atoms with van der Waals surface area (Å²) in [5.74, 6) is 0. The molecule has 0 N–H and O–H groups in total. The Morgan fingerprint density at radius 1 is 0.346 bits per heavy atom. The first-order valence-corrected chi connectivity index (χ1v) is 10.1. The van der Waals surface area contributed by atoms with Gasteiger partial charge >= 0.3 is 0 Å². The van der Waals surface area contributed by atoms with E-state index >= 15 is 0 Å². The fraction of sp³-hybridized carbons (Fsp3) is 0. The quantitative estimate of drug-likeness (QED) is 0.241. The fourth-order valence-corrected chi connectivity index (χ4v) is 4.58. The van der Waals surface area contributed by atoms with E-state index < -0.39 is 0 Å². The van der Waals surface area contributed by atoms with Crippen molar-refractivity contribution in [3.05, 3.63) is 136 Å². The summed E-state index contributed by atoms with van der Waals surface area (Å²) >= 11 is 7.33. The first-order chi connectivity index (χ1) is 12.7. The number of hydrogen-bond acceptors (Lipinski definition) is 0. The van der Waals surface area contributed by atoms with Crippen molar-refractivity contribution in [3.8, 4) is 0 Å². The van der Waals surface area contributed by atoms with Gasteiger partial charge in [0.25, 0.3) is 0 Å². The van der Waals surface area contributed by atoms with Crippen LogP contribution in [0.5, 0.6) is 0 Å². The lowest BCUT2D eigenvalue weighted by molar-refractivity contribution is 1.28. The normalized spacial score (nSPS) is 17.0. The molecule has 124 valence electrons. The molecule has 4 aromatic rings. The summed E-state index contributed by atoms with van der Waals surface area (Å²) in [5, 5.41) is 10.1. The Labute approximate surface area is 167 Å². The predicted octanol–water partition coefficient (Wildman–Crippen LogP) is 6.67. The number of fused-ring (bicyclic) bond motifs is 4. The van der Waals surface area contributed by atoms with E-state index in [0.29, 0.717) is 0 Å². The Balaban J connectivity index is 2.44. The second kappa shape index (κ2) is 6.22. The molecule has 0 aromatic heterocycles. The van der Waals surface area contributed by atoms with Gasteiger partial charge in [-0.1, -0.05) is 92.5 Å². The molecule has 0 nitrogen and oxygen atoms in total. The van der Waals surface area contributed by atoms with Gasteiger partial charge in [0.15, 0.2) is 0 Å². The molecule has 0 bridgehead atoms. The summed E-state index contributed by atoms with van der Waals surface area (Å²) in [7, 11) is 0. The van der Waals surface area contributed by atoms with Crippen LogP contribution in [-0.2, 0) is 0 Å². The van der Waals surface area contributed by atoms with Gasteiger partial charge in [0, 0.05) is 8.95 Å². The van der Waals surface area contributed by atoms with Crippen molar-refractivity contribution in [2.75, 3.05) is 0 Å². The molecule has 26 heavy (non-hydrogen) atoms. The second-order valence-corrected chi connectivity index (χ2v) is 8.30. The predicted molar refractivity (Wildman–Crippen MR) is 112 cm³/mol. The lowest BCUT2D eigenvalue weighted by Crippen LogP contribution is -1.89.